The Kier molecular flexibility index (Phi) is 4.98. The van der Waals surface area contributed by atoms with Gasteiger partial charge in [0.05, 0.1) is 11.1 Å². The minimum atomic E-state index is -4.36. The molecule has 4 rings (SSSR count). The number of aromatic nitrogens is 3. The third kappa shape index (κ3) is 3.69. The number of halogens is 3. The molecule has 1 aliphatic rings. The molecule has 0 radical (unpaired) electrons. The summed E-state index contributed by atoms with van der Waals surface area (Å²) in [7, 11) is 6.11. The molecule has 3 heterocycles. The molecule has 1 atom stereocenters. The molecule has 5 nitrogen and oxygen atoms in total. The van der Waals surface area contributed by atoms with Gasteiger partial charge in [0.2, 0.25) is 0 Å². The van der Waals surface area contributed by atoms with Crippen LogP contribution in [0, 0.1) is 0 Å². The lowest BCUT2D eigenvalue weighted by Gasteiger charge is -2.36. The van der Waals surface area contributed by atoms with Gasteiger partial charge >= 0.3 is 6.18 Å². The molecule has 1 saturated heterocycles. The van der Waals surface area contributed by atoms with Crippen molar-refractivity contribution in [1.29, 1.82) is 0 Å². The summed E-state index contributed by atoms with van der Waals surface area (Å²) in [6.45, 7) is 2.06. The van der Waals surface area contributed by atoms with E-state index in [9.17, 15) is 13.2 Å². The number of fused-ring (bicyclic) bond motifs is 1. The molecule has 0 amide bonds. The topological polar surface area (TPSA) is 37.2 Å². The zero-order valence-corrected chi connectivity index (χ0v) is 16.7. The lowest BCUT2D eigenvalue weighted by atomic mass is 10.0. The molecule has 0 bridgehead atoms. The number of likely N-dealkylation sites (tertiary alicyclic amines) is 1. The van der Waals surface area contributed by atoms with Gasteiger partial charge in [-0.1, -0.05) is 12.1 Å². The van der Waals surface area contributed by atoms with Crippen LogP contribution in [0.15, 0.2) is 36.5 Å². The second-order valence-electron chi connectivity index (χ2n) is 7.81. The monoisotopic (exact) mass is 403 g/mol. The summed E-state index contributed by atoms with van der Waals surface area (Å²) in [6, 6.07) is 7.38. The smallest absolute Gasteiger partial charge is 0.352 e. The van der Waals surface area contributed by atoms with Gasteiger partial charge in [-0.25, -0.2) is 0 Å². The fraction of sp³-hybridized carbons (Fsp3) is 0.429. The lowest BCUT2D eigenvalue weighted by Crippen LogP contribution is -2.45. The standard InChI is InChI=1S/C21H24F3N5/c1-27-11-4-5-16(13-27)29(3)20-19-17(10-12-28(19)2)18(25-26-20)14-6-8-15(9-7-14)21(22,23)24/h6-10,12,16H,4-5,11,13H2,1-3H3. The summed E-state index contributed by atoms with van der Waals surface area (Å²) in [5, 5.41) is 9.80. The molecule has 1 aromatic carbocycles. The van der Waals surface area contributed by atoms with E-state index in [1.807, 2.05) is 30.9 Å². The normalized spacial score (nSPS) is 18.3. The first-order chi connectivity index (χ1) is 13.8. The average Bonchev–Trinajstić information content (AvgIpc) is 3.08. The van der Waals surface area contributed by atoms with E-state index in [1.165, 1.54) is 12.1 Å². The van der Waals surface area contributed by atoms with Crippen LogP contribution in [0.1, 0.15) is 18.4 Å². The van der Waals surface area contributed by atoms with E-state index in [-0.39, 0.29) is 0 Å². The SMILES string of the molecule is CN1CCCC(N(C)c2nnc(-c3ccc(C(F)(F)F)cc3)c3ccn(C)c23)C1. The highest BCUT2D eigenvalue weighted by atomic mass is 19.4. The van der Waals surface area contributed by atoms with Gasteiger partial charge in [0.1, 0.15) is 5.69 Å². The largest absolute Gasteiger partial charge is 0.416 e. The summed E-state index contributed by atoms with van der Waals surface area (Å²) >= 11 is 0. The Morgan fingerprint density at radius 1 is 1.07 bits per heavy atom. The molecule has 0 aliphatic carbocycles. The fourth-order valence-electron chi connectivity index (χ4n) is 4.09. The molecule has 8 heteroatoms. The molecule has 29 heavy (non-hydrogen) atoms. The number of alkyl halides is 3. The van der Waals surface area contributed by atoms with Gasteiger partial charge in [-0.05, 0) is 44.6 Å². The molecule has 1 unspecified atom stereocenters. The van der Waals surface area contributed by atoms with E-state index in [4.69, 9.17) is 0 Å². The second-order valence-corrected chi connectivity index (χ2v) is 7.81. The van der Waals surface area contributed by atoms with Crippen molar-refractivity contribution in [2.45, 2.75) is 25.1 Å². The van der Waals surface area contributed by atoms with Gasteiger partial charge in [-0.3, -0.25) is 0 Å². The van der Waals surface area contributed by atoms with E-state index in [1.54, 1.807) is 0 Å². The molecule has 1 fully saturated rings. The van der Waals surface area contributed by atoms with Crippen LogP contribution < -0.4 is 4.90 Å². The van der Waals surface area contributed by atoms with Crippen molar-refractivity contribution in [3.63, 3.8) is 0 Å². The molecular formula is C21H24F3N5. The molecule has 1 aliphatic heterocycles. The van der Waals surface area contributed by atoms with Gasteiger partial charge in [0, 0.05) is 43.8 Å². The van der Waals surface area contributed by atoms with E-state index >= 15 is 0 Å². The Morgan fingerprint density at radius 2 is 1.79 bits per heavy atom. The molecule has 3 aromatic rings. The molecular weight excluding hydrogens is 379 g/mol. The van der Waals surface area contributed by atoms with Crippen LogP contribution >= 0.6 is 0 Å². The van der Waals surface area contributed by atoms with Crippen LogP contribution in [0.25, 0.3) is 22.2 Å². The first-order valence-electron chi connectivity index (χ1n) is 9.66. The number of nitrogens with zero attached hydrogens (tertiary/aromatic N) is 5. The maximum absolute atomic E-state index is 12.9. The summed E-state index contributed by atoms with van der Waals surface area (Å²) in [6.07, 6.45) is -0.189. The first kappa shape index (κ1) is 19.7. The minimum absolute atomic E-state index is 0.345. The van der Waals surface area contributed by atoms with Crippen molar-refractivity contribution in [2.24, 2.45) is 7.05 Å². The Morgan fingerprint density at radius 3 is 2.45 bits per heavy atom. The highest BCUT2D eigenvalue weighted by molar-refractivity contribution is 5.98. The summed E-state index contributed by atoms with van der Waals surface area (Å²) < 4.78 is 40.6. The van der Waals surface area contributed by atoms with E-state index < -0.39 is 11.7 Å². The maximum Gasteiger partial charge on any atom is 0.416 e. The highest BCUT2D eigenvalue weighted by Crippen LogP contribution is 2.35. The Hall–Kier alpha value is -2.61. The van der Waals surface area contributed by atoms with Crippen molar-refractivity contribution in [2.75, 3.05) is 32.1 Å². The lowest BCUT2D eigenvalue weighted by molar-refractivity contribution is -0.137. The number of likely N-dealkylation sites (N-methyl/N-ethyl adjacent to an activating group) is 2. The number of rotatable bonds is 3. The van der Waals surface area contributed by atoms with Crippen molar-refractivity contribution in [3.8, 4) is 11.3 Å². The van der Waals surface area contributed by atoms with E-state index in [2.05, 4.69) is 27.0 Å². The van der Waals surface area contributed by atoms with E-state index in [0.717, 1.165) is 54.8 Å². The van der Waals surface area contributed by atoms with Crippen LogP contribution in [0.2, 0.25) is 0 Å². The fourth-order valence-corrected chi connectivity index (χ4v) is 4.09. The third-order valence-corrected chi connectivity index (χ3v) is 5.75. The number of piperidine rings is 1. The van der Waals surface area contributed by atoms with Gasteiger partial charge in [-0.2, -0.15) is 13.2 Å². The first-order valence-corrected chi connectivity index (χ1v) is 9.66. The zero-order valence-electron chi connectivity index (χ0n) is 16.7. The molecule has 2 aromatic heterocycles. The maximum atomic E-state index is 12.9. The highest BCUT2D eigenvalue weighted by Gasteiger charge is 2.30. The number of hydrogen-bond donors (Lipinski definition) is 0. The van der Waals surface area contributed by atoms with Gasteiger partial charge < -0.3 is 14.4 Å². The summed E-state index contributed by atoms with van der Waals surface area (Å²) in [5.41, 5.74) is 1.47. The number of benzene rings is 1. The zero-order chi connectivity index (χ0) is 20.8. The summed E-state index contributed by atoms with van der Waals surface area (Å²) in [5.74, 6) is 0.795. The molecule has 154 valence electrons. The summed E-state index contributed by atoms with van der Waals surface area (Å²) in [4.78, 5) is 4.50. The number of aryl methyl sites for hydroxylation is 1. The van der Waals surface area contributed by atoms with Crippen molar-refractivity contribution in [1.82, 2.24) is 19.7 Å². The quantitative estimate of drug-likeness (QED) is 0.657. The second kappa shape index (κ2) is 7.33. The molecule has 0 N–H and O–H groups in total. The van der Waals surface area contributed by atoms with Gasteiger partial charge in [0.15, 0.2) is 5.82 Å². The van der Waals surface area contributed by atoms with Gasteiger partial charge in [0.25, 0.3) is 0 Å². The van der Waals surface area contributed by atoms with Crippen molar-refractivity contribution < 1.29 is 13.2 Å². The molecule has 0 spiro atoms. The Balaban J connectivity index is 1.75. The molecule has 0 saturated carbocycles. The number of anilines is 1. The number of hydrogen-bond acceptors (Lipinski definition) is 4. The average molecular weight is 403 g/mol. The van der Waals surface area contributed by atoms with E-state index in [0.29, 0.717) is 17.3 Å². The van der Waals surface area contributed by atoms with Crippen molar-refractivity contribution >= 4 is 16.7 Å². The van der Waals surface area contributed by atoms with Crippen LogP contribution in [-0.2, 0) is 13.2 Å². The third-order valence-electron chi connectivity index (χ3n) is 5.75. The minimum Gasteiger partial charge on any atom is -0.352 e. The van der Waals surface area contributed by atoms with Gasteiger partial charge in [-0.15, -0.1) is 10.2 Å². The Labute approximate surface area is 167 Å². The predicted octanol–water partition coefficient (Wildman–Crippen LogP) is 4.18. The Bertz CT molecular complexity index is 1010. The van der Waals surface area contributed by atoms with Crippen LogP contribution in [-0.4, -0.2) is 52.9 Å². The predicted molar refractivity (Wildman–Crippen MR) is 108 cm³/mol. The van der Waals surface area contributed by atoms with Crippen LogP contribution in [0.5, 0.6) is 0 Å². The van der Waals surface area contributed by atoms with Crippen LogP contribution in [0.3, 0.4) is 0 Å². The van der Waals surface area contributed by atoms with Crippen LogP contribution in [0.4, 0.5) is 19.0 Å². The van der Waals surface area contributed by atoms with Crippen molar-refractivity contribution in [3.05, 3.63) is 42.1 Å².